The van der Waals surface area contributed by atoms with Crippen LogP contribution in [0.5, 0.6) is 0 Å². The van der Waals surface area contributed by atoms with Crippen molar-refractivity contribution in [3.8, 4) is 0 Å². The number of nitrogen functional groups attached to an aromatic ring is 1. The molecule has 1 aromatic heterocycles. The van der Waals surface area contributed by atoms with Crippen molar-refractivity contribution in [3.05, 3.63) is 59.8 Å². The summed E-state index contributed by atoms with van der Waals surface area (Å²) in [5.74, 6) is -0.148. The molecule has 0 bridgehead atoms. The van der Waals surface area contributed by atoms with Crippen LogP contribution in [0.3, 0.4) is 0 Å². The molecule has 0 unspecified atom stereocenters. The smallest absolute Gasteiger partial charge is 0.272 e. The predicted molar refractivity (Wildman–Crippen MR) is 86.5 cm³/mol. The summed E-state index contributed by atoms with van der Waals surface area (Å²) < 4.78 is 0. The zero-order valence-electron chi connectivity index (χ0n) is 11.8. The summed E-state index contributed by atoms with van der Waals surface area (Å²) in [7, 11) is 0. The lowest BCUT2D eigenvalue weighted by atomic mass is 10.1. The van der Waals surface area contributed by atoms with Crippen molar-refractivity contribution >= 4 is 28.2 Å². The molecule has 0 saturated carbocycles. The third-order valence-corrected chi connectivity index (χ3v) is 3.54. The minimum absolute atomic E-state index is 0.148. The van der Waals surface area contributed by atoms with Crippen LogP contribution in [0.4, 0.5) is 11.4 Å². The van der Waals surface area contributed by atoms with Crippen LogP contribution in [0.1, 0.15) is 23.0 Å². The van der Waals surface area contributed by atoms with Crippen LogP contribution < -0.4 is 11.1 Å². The van der Waals surface area contributed by atoms with E-state index in [1.807, 2.05) is 48.5 Å². The summed E-state index contributed by atoms with van der Waals surface area (Å²) in [4.78, 5) is 15.5. The van der Waals surface area contributed by atoms with E-state index in [0.717, 1.165) is 28.6 Å². The van der Waals surface area contributed by atoms with Crippen molar-refractivity contribution in [2.45, 2.75) is 13.3 Å². The first-order chi connectivity index (χ1) is 10.2. The molecule has 3 rings (SSSR count). The van der Waals surface area contributed by atoms with Crippen LogP contribution in [-0.2, 0) is 6.42 Å². The average Bonchev–Trinajstić information content (AvgIpc) is 2.91. The lowest BCUT2D eigenvalue weighted by molar-refractivity contribution is 0.102. The highest BCUT2D eigenvalue weighted by Gasteiger charge is 2.11. The molecule has 1 heterocycles. The van der Waals surface area contributed by atoms with Crippen molar-refractivity contribution < 1.29 is 4.79 Å². The second kappa shape index (κ2) is 5.32. The van der Waals surface area contributed by atoms with Crippen molar-refractivity contribution in [2.75, 3.05) is 11.1 Å². The van der Waals surface area contributed by atoms with E-state index in [4.69, 9.17) is 5.73 Å². The number of hydrogen-bond acceptors (Lipinski definition) is 2. The SMILES string of the molecule is CCc1ccccc1NC(=O)c1cc2cc(N)ccc2[nH]1. The summed E-state index contributed by atoms with van der Waals surface area (Å²) in [6, 6.07) is 15.2. The third-order valence-electron chi connectivity index (χ3n) is 3.54. The van der Waals surface area contributed by atoms with Crippen LogP contribution in [0.25, 0.3) is 10.9 Å². The maximum atomic E-state index is 12.4. The molecular formula is C17H17N3O. The van der Waals surface area contributed by atoms with E-state index >= 15 is 0 Å². The number of anilines is 2. The van der Waals surface area contributed by atoms with Crippen molar-refractivity contribution in [3.63, 3.8) is 0 Å². The van der Waals surface area contributed by atoms with Gasteiger partial charge in [0.1, 0.15) is 5.69 Å². The number of nitrogens with two attached hydrogens (primary N) is 1. The van der Waals surface area contributed by atoms with Gasteiger partial charge in [-0.2, -0.15) is 0 Å². The summed E-state index contributed by atoms with van der Waals surface area (Å²) >= 11 is 0. The Kier molecular flexibility index (Phi) is 3.36. The number of nitrogens with one attached hydrogen (secondary N) is 2. The summed E-state index contributed by atoms with van der Waals surface area (Å²) in [6.07, 6.45) is 0.875. The molecule has 0 atom stereocenters. The molecule has 0 radical (unpaired) electrons. The number of fused-ring (bicyclic) bond motifs is 1. The molecule has 0 fully saturated rings. The number of para-hydroxylation sites is 1. The topological polar surface area (TPSA) is 70.9 Å². The number of carbonyl (C=O) groups is 1. The number of aromatic nitrogens is 1. The Labute approximate surface area is 123 Å². The molecule has 4 heteroatoms. The fourth-order valence-corrected chi connectivity index (χ4v) is 2.41. The molecule has 21 heavy (non-hydrogen) atoms. The first-order valence-electron chi connectivity index (χ1n) is 6.95. The van der Waals surface area contributed by atoms with Gasteiger partial charge in [0.05, 0.1) is 0 Å². The highest BCUT2D eigenvalue weighted by molar-refractivity contribution is 6.06. The first kappa shape index (κ1) is 13.2. The van der Waals surface area contributed by atoms with E-state index < -0.39 is 0 Å². The molecule has 0 aliphatic heterocycles. The average molecular weight is 279 g/mol. The van der Waals surface area contributed by atoms with Gasteiger partial charge >= 0.3 is 0 Å². The van der Waals surface area contributed by atoms with E-state index in [0.29, 0.717) is 11.4 Å². The largest absolute Gasteiger partial charge is 0.399 e. The van der Waals surface area contributed by atoms with Crippen molar-refractivity contribution in [2.24, 2.45) is 0 Å². The minimum atomic E-state index is -0.148. The quantitative estimate of drug-likeness (QED) is 0.641. The molecule has 106 valence electrons. The van der Waals surface area contributed by atoms with Gasteiger partial charge in [-0.1, -0.05) is 25.1 Å². The second-order valence-electron chi connectivity index (χ2n) is 4.99. The van der Waals surface area contributed by atoms with E-state index in [9.17, 15) is 4.79 Å². The Balaban J connectivity index is 1.90. The van der Waals surface area contributed by atoms with Crippen molar-refractivity contribution in [1.82, 2.24) is 4.98 Å². The van der Waals surface area contributed by atoms with Gasteiger partial charge in [0.15, 0.2) is 0 Å². The number of hydrogen-bond donors (Lipinski definition) is 3. The van der Waals surface area contributed by atoms with E-state index in [1.165, 1.54) is 0 Å². The van der Waals surface area contributed by atoms with Gasteiger partial charge in [0.2, 0.25) is 0 Å². The zero-order chi connectivity index (χ0) is 14.8. The predicted octanol–water partition coefficient (Wildman–Crippen LogP) is 3.56. The first-order valence-corrected chi connectivity index (χ1v) is 6.95. The molecular weight excluding hydrogens is 262 g/mol. The van der Waals surface area contributed by atoms with Gasteiger partial charge in [-0.25, -0.2) is 0 Å². The third kappa shape index (κ3) is 2.60. The van der Waals surface area contributed by atoms with E-state index in [1.54, 1.807) is 0 Å². The van der Waals surface area contributed by atoms with Gasteiger partial charge in [-0.3, -0.25) is 4.79 Å². The normalized spacial score (nSPS) is 10.7. The number of rotatable bonds is 3. The molecule has 4 nitrogen and oxygen atoms in total. The molecule has 1 amide bonds. The van der Waals surface area contributed by atoms with Crippen LogP contribution in [-0.4, -0.2) is 10.9 Å². The van der Waals surface area contributed by atoms with Crippen LogP contribution in [0, 0.1) is 0 Å². The Hall–Kier alpha value is -2.75. The fraction of sp³-hybridized carbons (Fsp3) is 0.118. The number of aromatic amines is 1. The monoisotopic (exact) mass is 279 g/mol. The number of benzene rings is 2. The van der Waals surface area contributed by atoms with E-state index in [2.05, 4.69) is 17.2 Å². The zero-order valence-corrected chi connectivity index (χ0v) is 11.8. The molecule has 0 saturated heterocycles. The lowest BCUT2D eigenvalue weighted by Crippen LogP contribution is -2.13. The van der Waals surface area contributed by atoms with Gasteiger partial charge in [0, 0.05) is 22.3 Å². The van der Waals surface area contributed by atoms with Crippen LogP contribution in [0.15, 0.2) is 48.5 Å². The van der Waals surface area contributed by atoms with Gasteiger partial charge in [-0.05, 0) is 42.3 Å². The van der Waals surface area contributed by atoms with Gasteiger partial charge < -0.3 is 16.0 Å². The highest BCUT2D eigenvalue weighted by Crippen LogP contribution is 2.20. The minimum Gasteiger partial charge on any atom is -0.399 e. The van der Waals surface area contributed by atoms with Crippen molar-refractivity contribution in [1.29, 1.82) is 0 Å². The molecule has 0 spiro atoms. The summed E-state index contributed by atoms with van der Waals surface area (Å²) in [5.41, 5.74) is 9.84. The molecule has 3 aromatic rings. The lowest BCUT2D eigenvalue weighted by Gasteiger charge is -2.08. The van der Waals surface area contributed by atoms with Gasteiger partial charge in [-0.15, -0.1) is 0 Å². The van der Waals surface area contributed by atoms with Crippen LogP contribution >= 0.6 is 0 Å². The second-order valence-corrected chi connectivity index (χ2v) is 4.99. The highest BCUT2D eigenvalue weighted by atomic mass is 16.1. The maximum absolute atomic E-state index is 12.4. The Morgan fingerprint density at radius 2 is 2.00 bits per heavy atom. The Bertz CT molecular complexity index is 805. The Morgan fingerprint density at radius 3 is 2.81 bits per heavy atom. The molecule has 0 aliphatic carbocycles. The number of amides is 1. The van der Waals surface area contributed by atoms with Crippen LogP contribution in [0.2, 0.25) is 0 Å². The standard InChI is InChI=1S/C17H17N3O/c1-2-11-5-3-4-6-14(11)20-17(21)16-10-12-9-13(18)7-8-15(12)19-16/h3-10,19H,2,18H2,1H3,(H,20,21). The van der Waals surface area contributed by atoms with Gasteiger partial charge in [0.25, 0.3) is 5.91 Å². The molecule has 0 aliphatic rings. The number of aryl methyl sites for hydroxylation is 1. The summed E-state index contributed by atoms with van der Waals surface area (Å²) in [5, 5.41) is 3.89. The van der Waals surface area contributed by atoms with E-state index in [-0.39, 0.29) is 5.91 Å². The fourth-order valence-electron chi connectivity index (χ4n) is 2.41. The number of H-pyrrole nitrogens is 1. The maximum Gasteiger partial charge on any atom is 0.272 e. The molecule has 4 N–H and O–H groups in total. The summed E-state index contributed by atoms with van der Waals surface area (Å²) in [6.45, 7) is 2.07. The molecule has 2 aromatic carbocycles. The Morgan fingerprint density at radius 1 is 1.19 bits per heavy atom. The number of carbonyl (C=O) groups excluding carboxylic acids is 1.